The molecule has 0 N–H and O–H groups in total. The lowest BCUT2D eigenvalue weighted by Crippen LogP contribution is -2.48. The number of morpholine rings is 1. The molecule has 0 saturated carbocycles. The van der Waals surface area contributed by atoms with Crippen molar-refractivity contribution < 1.29 is 32.2 Å². The lowest BCUT2D eigenvalue weighted by molar-refractivity contribution is -0.145. The van der Waals surface area contributed by atoms with E-state index in [9.17, 15) is 18.0 Å². The van der Waals surface area contributed by atoms with E-state index in [4.69, 9.17) is 4.74 Å². The van der Waals surface area contributed by atoms with Crippen molar-refractivity contribution in [2.45, 2.75) is 19.4 Å². The van der Waals surface area contributed by atoms with Crippen LogP contribution in [0.3, 0.4) is 0 Å². The zero-order valence-corrected chi connectivity index (χ0v) is 12.3. The van der Waals surface area contributed by atoms with E-state index in [1.54, 1.807) is 6.92 Å². The normalized spacial score (nSPS) is 20.4. The van der Waals surface area contributed by atoms with E-state index in [1.165, 1.54) is 7.11 Å². The van der Waals surface area contributed by atoms with Gasteiger partial charge < -0.3 is 14.2 Å². The van der Waals surface area contributed by atoms with Crippen LogP contribution < -0.4 is 0 Å². The molecule has 0 aromatic rings. The van der Waals surface area contributed by atoms with Crippen LogP contribution in [0.4, 0.5) is 0 Å². The van der Waals surface area contributed by atoms with Gasteiger partial charge in [0, 0.05) is 13.1 Å². The maximum absolute atomic E-state index is 12.0. The van der Waals surface area contributed by atoms with E-state index in [2.05, 4.69) is 9.47 Å². The summed E-state index contributed by atoms with van der Waals surface area (Å²) in [6.07, 6.45) is -0.588. The van der Waals surface area contributed by atoms with Gasteiger partial charge in [0.15, 0.2) is 5.75 Å². The molecule has 0 aromatic heterocycles. The molecule has 1 aliphatic rings. The Kier molecular flexibility index (Phi) is 6.37. The lowest BCUT2D eigenvalue weighted by Gasteiger charge is -2.31. The van der Waals surface area contributed by atoms with Gasteiger partial charge in [-0.05, 0) is 6.92 Å². The van der Waals surface area contributed by atoms with Crippen molar-refractivity contribution >= 4 is 22.0 Å². The summed E-state index contributed by atoms with van der Waals surface area (Å²) in [5.74, 6) is -1.96. The Morgan fingerprint density at radius 1 is 1.35 bits per heavy atom. The van der Waals surface area contributed by atoms with Gasteiger partial charge >= 0.3 is 11.9 Å². The quantitative estimate of drug-likeness (QED) is 0.589. The molecular weight excluding hydrogens is 290 g/mol. The Hall–Kier alpha value is -1.19. The number of hydrogen-bond acceptors (Lipinski definition) is 7. The van der Waals surface area contributed by atoms with E-state index < -0.39 is 33.8 Å². The van der Waals surface area contributed by atoms with Crippen molar-refractivity contribution in [1.29, 1.82) is 0 Å². The molecule has 0 radical (unpaired) electrons. The molecule has 0 spiro atoms. The predicted molar refractivity (Wildman–Crippen MR) is 68.4 cm³/mol. The monoisotopic (exact) mass is 309 g/mol. The fourth-order valence-electron chi connectivity index (χ4n) is 1.78. The van der Waals surface area contributed by atoms with Gasteiger partial charge in [-0.25, -0.2) is 8.42 Å². The lowest BCUT2D eigenvalue weighted by atomic mass is 10.2. The van der Waals surface area contributed by atoms with Gasteiger partial charge in [0.25, 0.3) is 0 Å². The van der Waals surface area contributed by atoms with Crippen LogP contribution in [0.1, 0.15) is 13.3 Å². The molecule has 1 heterocycles. The molecule has 1 fully saturated rings. The number of sulfonamides is 1. The van der Waals surface area contributed by atoms with Gasteiger partial charge in [-0.15, -0.1) is 0 Å². The molecule has 0 aliphatic carbocycles. The molecule has 0 aromatic carbocycles. The van der Waals surface area contributed by atoms with Gasteiger partial charge in [0.1, 0.15) is 0 Å². The minimum atomic E-state index is -3.75. The number of carbonyl (C=O) groups is 2. The molecule has 1 atom stereocenters. The highest BCUT2D eigenvalue weighted by Crippen LogP contribution is 2.13. The summed E-state index contributed by atoms with van der Waals surface area (Å²) in [5, 5.41) is 0. The van der Waals surface area contributed by atoms with Crippen LogP contribution >= 0.6 is 0 Å². The summed E-state index contributed by atoms with van der Waals surface area (Å²) in [5.41, 5.74) is 0. The second kappa shape index (κ2) is 7.55. The summed E-state index contributed by atoms with van der Waals surface area (Å²) in [7, 11) is -2.50. The van der Waals surface area contributed by atoms with Gasteiger partial charge in [0.05, 0.1) is 32.8 Å². The van der Waals surface area contributed by atoms with Crippen molar-refractivity contribution in [1.82, 2.24) is 4.31 Å². The first kappa shape index (κ1) is 16.9. The van der Waals surface area contributed by atoms with Crippen molar-refractivity contribution in [2.24, 2.45) is 0 Å². The molecule has 1 saturated heterocycles. The number of hydrogen-bond donors (Lipinski definition) is 0. The van der Waals surface area contributed by atoms with Crippen molar-refractivity contribution in [3.05, 3.63) is 0 Å². The number of esters is 2. The number of nitrogens with zero attached hydrogens (tertiary/aromatic N) is 1. The first-order valence-corrected chi connectivity index (χ1v) is 7.81. The predicted octanol–water partition coefficient (Wildman–Crippen LogP) is -0.857. The van der Waals surface area contributed by atoms with E-state index >= 15 is 0 Å². The minimum absolute atomic E-state index is 0.0246. The van der Waals surface area contributed by atoms with Gasteiger partial charge in [0.2, 0.25) is 10.0 Å². The van der Waals surface area contributed by atoms with Crippen LogP contribution in [0.5, 0.6) is 0 Å². The third-order valence-electron chi connectivity index (χ3n) is 2.72. The molecule has 0 amide bonds. The molecule has 1 aliphatic heterocycles. The maximum Gasteiger partial charge on any atom is 0.322 e. The van der Waals surface area contributed by atoms with E-state index in [0.717, 1.165) is 4.31 Å². The minimum Gasteiger partial charge on any atom is -0.469 e. The third kappa shape index (κ3) is 5.06. The van der Waals surface area contributed by atoms with Crippen LogP contribution in [0.2, 0.25) is 0 Å². The van der Waals surface area contributed by atoms with Crippen LogP contribution in [0, 0.1) is 0 Å². The second-order valence-electron chi connectivity index (χ2n) is 4.19. The summed E-state index contributed by atoms with van der Waals surface area (Å²) in [6.45, 7) is 2.08. The Morgan fingerprint density at radius 3 is 2.65 bits per heavy atom. The topological polar surface area (TPSA) is 99.2 Å². The second-order valence-corrected chi connectivity index (χ2v) is 6.16. The van der Waals surface area contributed by atoms with Crippen molar-refractivity contribution in [3.8, 4) is 0 Å². The number of ether oxygens (including phenoxy) is 3. The summed E-state index contributed by atoms with van der Waals surface area (Å²) < 4.78 is 39.6. The largest absolute Gasteiger partial charge is 0.469 e. The van der Waals surface area contributed by atoms with E-state index in [0.29, 0.717) is 0 Å². The van der Waals surface area contributed by atoms with Crippen LogP contribution in [0.15, 0.2) is 0 Å². The number of rotatable bonds is 6. The average Bonchev–Trinajstić information content (AvgIpc) is 2.38. The van der Waals surface area contributed by atoms with E-state index in [-0.39, 0.29) is 32.7 Å². The number of carbonyl (C=O) groups excluding carboxylic acids is 2. The molecule has 9 heteroatoms. The fourth-order valence-corrected chi connectivity index (χ4v) is 3.09. The van der Waals surface area contributed by atoms with E-state index in [1.807, 2.05) is 0 Å². The highest BCUT2D eigenvalue weighted by molar-refractivity contribution is 7.89. The highest BCUT2D eigenvalue weighted by Gasteiger charge is 2.32. The van der Waals surface area contributed by atoms with Gasteiger partial charge in [-0.1, -0.05) is 0 Å². The average molecular weight is 309 g/mol. The van der Waals surface area contributed by atoms with Crippen LogP contribution in [-0.4, -0.2) is 69.9 Å². The molecule has 1 rings (SSSR count). The maximum atomic E-state index is 12.0. The Labute approximate surface area is 118 Å². The standard InChI is InChI=1S/C11H19NO7S/c1-3-18-11(14)8-20(15,16)12-4-5-19-9(7-12)6-10(13)17-2/h9H,3-8H2,1-2H3. The highest BCUT2D eigenvalue weighted by atomic mass is 32.2. The van der Waals surface area contributed by atoms with Crippen LogP contribution in [-0.2, 0) is 33.8 Å². The Morgan fingerprint density at radius 2 is 2.05 bits per heavy atom. The summed E-state index contributed by atoms with van der Waals surface area (Å²) >= 11 is 0. The zero-order valence-electron chi connectivity index (χ0n) is 11.5. The Balaban J connectivity index is 2.61. The third-order valence-corrected chi connectivity index (χ3v) is 4.44. The van der Waals surface area contributed by atoms with Gasteiger partial charge in [-0.3, -0.25) is 9.59 Å². The summed E-state index contributed by atoms with van der Waals surface area (Å²) in [4.78, 5) is 22.4. The summed E-state index contributed by atoms with van der Waals surface area (Å²) in [6, 6.07) is 0. The molecule has 0 bridgehead atoms. The number of methoxy groups -OCH3 is 1. The fraction of sp³-hybridized carbons (Fsp3) is 0.818. The van der Waals surface area contributed by atoms with Gasteiger partial charge in [-0.2, -0.15) is 4.31 Å². The molecule has 1 unspecified atom stereocenters. The zero-order chi connectivity index (χ0) is 15.2. The van der Waals surface area contributed by atoms with Crippen LogP contribution in [0.25, 0.3) is 0 Å². The smallest absolute Gasteiger partial charge is 0.322 e. The molecule has 8 nitrogen and oxygen atoms in total. The SMILES string of the molecule is CCOC(=O)CS(=O)(=O)N1CCOC(CC(=O)OC)C1. The van der Waals surface area contributed by atoms with Crippen molar-refractivity contribution in [2.75, 3.05) is 39.2 Å². The molecular formula is C11H19NO7S. The molecule has 116 valence electrons. The van der Waals surface area contributed by atoms with Crippen molar-refractivity contribution in [3.63, 3.8) is 0 Å². The first-order valence-electron chi connectivity index (χ1n) is 6.21. The first-order chi connectivity index (χ1) is 9.39. The molecule has 20 heavy (non-hydrogen) atoms. The Bertz CT molecular complexity index is 448.